The Hall–Kier alpha value is -1.51. The maximum atomic E-state index is 11.0. The van der Waals surface area contributed by atoms with Crippen LogP contribution in [0.3, 0.4) is 0 Å². The minimum Gasteiger partial charge on any atom is -0.494 e. The van der Waals surface area contributed by atoms with E-state index in [1.54, 1.807) is 0 Å². The molecule has 0 aliphatic heterocycles. The van der Waals surface area contributed by atoms with Crippen LogP contribution in [0.5, 0.6) is 5.75 Å². The number of benzene rings is 1. The Labute approximate surface area is 90.0 Å². The van der Waals surface area contributed by atoms with Crippen molar-refractivity contribution in [2.24, 2.45) is 0 Å². The molecule has 0 heterocycles. The van der Waals surface area contributed by atoms with Gasteiger partial charge >= 0.3 is 5.97 Å². The molecule has 0 atom stereocenters. The Bertz CT molecular complexity index is 320. The average Bonchev–Trinajstić information content (AvgIpc) is 2.28. The molecule has 0 fully saturated rings. The second kappa shape index (κ2) is 6.06. The first kappa shape index (κ1) is 11.6. The first-order chi connectivity index (χ1) is 7.27. The lowest BCUT2D eigenvalue weighted by molar-refractivity contribution is -0.140. The molecule has 0 aliphatic carbocycles. The van der Waals surface area contributed by atoms with Crippen LogP contribution >= 0.6 is 0 Å². The van der Waals surface area contributed by atoms with E-state index >= 15 is 0 Å². The Morgan fingerprint density at radius 3 is 2.73 bits per heavy atom. The third-order valence-corrected chi connectivity index (χ3v) is 2.10. The SMILES string of the molecule is CCOc1ccccc1CCC(=O)OC. The van der Waals surface area contributed by atoms with Crippen molar-refractivity contribution in [1.29, 1.82) is 0 Å². The van der Waals surface area contributed by atoms with Crippen LogP contribution in [0.4, 0.5) is 0 Å². The fraction of sp³-hybridized carbons (Fsp3) is 0.417. The highest BCUT2D eigenvalue weighted by atomic mass is 16.5. The molecule has 1 aromatic rings. The Balaban J connectivity index is 2.62. The van der Waals surface area contributed by atoms with Crippen molar-refractivity contribution >= 4 is 5.97 Å². The molecule has 0 spiro atoms. The topological polar surface area (TPSA) is 35.5 Å². The van der Waals surface area contributed by atoms with Crippen LogP contribution in [0.2, 0.25) is 0 Å². The molecule has 0 saturated carbocycles. The first-order valence-electron chi connectivity index (χ1n) is 5.05. The van der Waals surface area contributed by atoms with Crippen molar-refractivity contribution < 1.29 is 14.3 Å². The van der Waals surface area contributed by atoms with Gasteiger partial charge in [0.25, 0.3) is 0 Å². The van der Waals surface area contributed by atoms with Gasteiger partial charge in [-0.15, -0.1) is 0 Å². The summed E-state index contributed by atoms with van der Waals surface area (Å²) in [5, 5.41) is 0. The predicted octanol–water partition coefficient (Wildman–Crippen LogP) is 2.19. The zero-order chi connectivity index (χ0) is 11.1. The molecule has 0 amide bonds. The van der Waals surface area contributed by atoms with Gasteiger partial charge in [0.1, 0.15) is 5.75 Å². The van der Waals surface area contributed by atoms with Gasteiger partial charge in [-0.3, -0.25) is 4.79 Å². The van der Waals surface area contributed by atoms with E-state index in [2.05, 4.69) is 4.74 Å². The highest BCUT2D eigenvalue weighted by Gasteiger charge is 2.05. The molecule has 0 radical (unpaired) electrons. The van der Waals surface area contributed by atoms with Crippen LogP contribution in [-0.4, -0.2) is 19.7 Å². The van der Waals surface area contributed by atoms with E-state index in [-0.39, 0.29) is 5.97 Å². The summed E-state index contributed by atoms with van der Waals surface area (Å²) in [4.78, 5) is 11.0. The highest BCUT2D eigenvalue weighted by Crippen LogP contribution is 2.19. The van der Waals surface area contributed by atoms with Crippen molar-refractivity contribution in [3.05, 3.63) is 29.8 Å². The van der Waals surface area contributed by atoms with Gasteiger partial charge in [-0.1, -0.05) is 18.2 Å². The largest absolute Gasteiger partial charge is 0.494 e. The predicted molar refractivity (Wildman–Crippen MR) is 57.9 cm³/mol. The van der Waals surface area contributed by atoms with Gasteiger partial charge in [-0.25, -0.2) is 0 Å². The molecule has 0 aliphatic rings. The van der Waals surface area contributed by atoms with E-state index in [1.807, 2.05) is 31.2 Å². The normalized spacial score (nSPS) is 9.73. The second-order valence-electron chi connectivity index (χ2n) is 3.12. The third-order valence-electron chi connectivity index (χ3n) is 2.10. The Morgan fingerprint density at radius 1 is 1.33 bits per heavy atom. The Kier molecular flexibility index (Phi) is 4.68. The number of hydrogen-bond donors (Lipinski definition) is 0. The number of methoxy groups -OCH3 is 1. The number of esters is 1. The lowest BCUT2D eigenvalue weighted by Gasteiger charge is -2.08. The number of carbonyl (C=O) groups excluding carboxylic acids is 1. The number of para-hydroxylation sites is 1. The zero-order valence-corrected chi connectivity index (χ0v) is 9.16. The van der Waals surface area contributed by atoms with E-state index in [9.17, 15) is 4.79 Å². The second-order valence-corrected chi connectivity index (χ2v) is 3.12. The summed E-state index contributed by atoms with van der Waals surface area (Å²) in [6, 6.07) is 7.74. The monoisotopic (exact) mass is 208 g/mol. The van der Waals surface area contributed by atoms with E-state index in [4.69, 9.17) is 4.74 Å². The van der Waals surface area contributed by atoms with Gasteiger partial charge in [0, 0.05) is 6.42 Å². The van der Waals surface area contributed by atoms with Crippen molar-refractivity contribution in [3.63, 3.8) is 0 Å². The van der Waals surface area contributed by atoms with Crippen molar-refractivity contribution in [3.8, 4) is 5.75 Å². The number of rotatable bonds is 5. The van der Waals surface area contributed by atoms with Crippen molar-refractivity contribution in [1.82, 2.24) is 0 Å². The molecule has 15 heavy (non-hydrogen) atoms. The van der Waals surface area contributed by atoms with Crippen LogP contribution in [0.25, 0.3) is 0 Å². The molecular weight excluding hydrogens is 192 g/mol. The molecule has 0 aromatic heterocycles. The number of aryl methyl sites for hydroxylation is 1. The van der Waals surface area contributed by atoms with Gasteiger partial charge < -0.3 is 9.47 Å². The van der Waals surface area contributed by atoms with Gasteiger partial charge in [0.05, 0.1) is 13.7 Å². The maximum Gasteiger partial charge on any atom is 0.305 e. The highest BCUT2D eigenvalue weighted by molar-refractivity contribution is 5.69. The van der Waals surface area contributed by atoms with E-state index < -0.39 is 0 Å². The van der Waals surface area contributed by atoms with Crippen molar-refractivity contribution in [2.75, 3.05) is 13.7 Å². The summed E-state index contributed by atoms with van der Waals surface area (Å²) in [5.41, 5.74) is 1.05. The fourth-order valence-corrected chi connectivity index (χ4v) is 1.35. The van der Waals surface area contributed by atoms with Crippen LogP contribution in [0.15, 0.2) is 24.3 Å². The van der Waals surface area contributed by atoms with Crippen LogP contribution in [0, 0.1) is 0 Å². The first-order valence-corrected chi connectivity index (χ1v) is 5.05. The smallest absolute Gasteiger partial charge is 0.305 e. The summed E-state index contributed by atoms with van der Waals surface area (Å²) < 4.78 is 10.0. The number of ether oxygens (including phenoxy) is 2. The van der Waals surface area contributed by atoms with Crippen LogP contribution < -0.4 is 4.74 Å². The van der Waals surface area contributed by atoms with Gasteiger partial charge in [0.2, 0.25) is 0 Å². The third kappa shape index (κ3) is 3.62. The summed E-state index contributed by atoms with van der Waals surface area (Å²) in [7, 11) is 1.40. The minimum absolute atomic E-state index is 0.193. The molecule has 0 N–H and O–H groups in total. The summed E-state index contributed by atoms with van der Waals surface area (Å²) in [6.45, 7) is 2.58. The van der Waals surface area contributed by atoms with Gasteiger partial charge in [-0.05, 0) is 25.0 Å². The van der Waals surface area contributed by atoms with E-state index in [1.165, 1.54) is 7.11 Å². The van der Waals surface area contributed by atoms with Crippen LogP contribution in [0.1, 0.15) is 18.9 Å². The molecule has 0 unspecified atom stereocenters. The average molecular weight is 208 g/mol. The molecule has 82 valence electrons. The standard InChI is InChI=1S/C12H16O3/c1-3-15-11-7-5-4-6-10(11)8-9-12(13)14-2/h4-7H,3,8-9H2,1-2H3. The summed E-state index contributed by atoms with van der Waals surface area (Å²) in [6.07, 6.45) is 1.05. The van der Waals surface area contributed by atoms with E-state index in [0.29, 0.717) is 19.4 Å². The molecule has 1 rings (SSSR count). The molecule has 3 nitrogen and oxygen atoms in total. The lowest BCUT2D eigenvalue weighted by atomic mass is 10.1. The van der Waals surface area contributed by atoms with Gasteiger partial charge in [-0.2, -0.15) is 0 Å². The molecule has 0 saturated heterocycles. The molecular formula is C12H16O3. The minimum atomic E-state index is -0.193. The molecule has 1 aromatic carbocycles. The van der Waals surface area contributed by atoms with Crippen LogP contribution in [-0.2, 0) is 16.0 Å². The fourth-order valence-electron chi connectivity index (χ4n) is 1.35. The summed E-state index contributed by atoms with van der Waals surface area (Å²) in [5.74, 6) is 0.658. The quantitative estimate of drug-likeness (QED) is 0.696. The zero-order valence-electron chi connectivity index (χ0n) is 9.16. The lowest BCUT2D eigenvalue weighted by Crippen LogP contribution is -2.03. The number of hydrogen-bond acceptors (Lipinski definition) is 3. The molecule has 0 bridgehead atoms. The van der Waals surface area contributed by atoms with E-state index in [0.717, 1.165) is 11.3 Å². The van der Waals surface area contributed by atoms with Gasteiger partial charge in [0.15, 0.2) is 0 Å². The maximum absolute atomic E-state index is 11.0. The van der Waals surface area contributed by atoms with Crippen molar-refractivity contribution in [2.45, 2.75) is 19.8 Å². The number of carbonyl (C=O) groups is 1. The molecule has 3 heteroatoms. The Morgan fingerprint density at radius 2 is 2.07 bits per heavy atom. The summed E-state index contributed by atoms with van der Waals surface area (Å²) >= 11 is 0.